The SMILES string of the molecule is Cc1cc(C)c(CSc2cc(Cl)ccc2Cl)cc1C=C(C#N)C#N. The molecule has 2 aromatic rings. The molecule has 2 rings (SSSR count). The van der Waals surface area contributed by atoms with Gasteiger partial charge < -0.3 is 0 Å². The van der Waals surface area contributed by atoms with Gasteiger partial charge in [-0.2, -0.15) is 10.5 Å². The summed E-state index contributed by atoms with van der Waals surface area (Å²) < 4.78 is 0. The summed E-state index contributed by atoms with van der Waals surface area (Å²) in [5.74, 6) is 0.724. The van der Waals surface area contributed by atoms with Crippen molar-refractivity contribution >= 4 is 41.0 Å². The lowest BCUT2D eigenvalue weighted by Crippen LogP contribution is -1.92. The van der Waals surface area contributed by atoms with Crippen molar-refractivity contribution in [1.29, 1.82) is 10.5 Å². The highest BCUT2D eigenvalue weighted by Crippen LogP contribution is 2.33. The van der Waals surface area contributed by atoms with Crippen molar-refractivity contribution < 1.29 is 0 Å². The molecular weight excluding hydrogens is 359 g/mol. The molecule has 0 spiro atoms. The number of halogens is 2. The van der Waals surface area contributed by atoms with Gasteiger partial charge >= 0.3 is 0 Å². The topological polar surface area (TPSA) is 47.6 Å². The fourth-order valence-electron chi connectivity index (χ4n) is 2.22. The molecule has 0 unspecified atom stereocenters. The molecule has 0 atom stereocenters. The van der Waals surface area contributed by atoms with Crippen molar-refractivity contribution in [2.24, 2.45) is 0 Å². The zero-order valence-corrected chi connectivity index (χ0v) is 15.6. The molecule has 0 aliphatic heterocycles. The van der Waals surface area contributed by atoms with Gasteiger partial charge in [-0.15, -0.1) is 11.8 Å². The highest BCUT2D eigenvalue weighted by Gasteiger charge is 2.08. The fourth-order valence-corrected chi connectivity index (χ4v) is 3.77. The van der Waals surface area contributed by atoms with E-state index < -0.39 is 0 Å². The van der Waals surface area contributed by atoms with Crippen LogP contribution in [0.2, 0.25) is 10.0 Å². The molecule has 0 fully saturated rings. The second-order valence-corrected chi connectivity index (χ2v) is 7.14. The largest absolute Gasteiger partial charge is 0.192 e. The second kappa shape index (κ2) is 8.27. The number of rotatable bonds is 4. The van der Waals surface area contributed by atoms with E-state index >= 15 is 0 Å². The first kappa shape index (κ1) is 18.4. The quantitative estimate of drug-likeness (QED) is 0.464. The smallest absolute Gasteiger partial charge is 0.130 e. The van der Waals surface area contributed by atoms with Gasteiger partial charge in [-0.05, 0) is 60.4 Å². The minimum absolute atomic E-state index is 0.0958. The van der Waals surface area contributed by atoms with E-state index in [0.717, 1.165) is 32.9 Å². The number of hydrogen-bond donors (Lipinski definition) is 0. The number of nitriles is 2. The Kier molecular flexibility index (Phi) is 6.35. The van der Waals surface area contributed by atoms with Crippen LogP contribution in [0.1, 0.15) is 22.3 Å². The second-order valence-electron chi connectivity index (χ2n) is 5.28. The Morgan fingerprint density at radius 2 is 1.79 bits per heavy atom. The summed E-state index contributed by atoms with van der Waals surface area (Å²) in [5.41, 5.74) is 4.30. The molecule has 0 aliphatic carbocycles. The molecule has 5 heteroatoms. The van der Waals surface area contributed by atoms with E-state index in [9.17, 15) is 0 Å². The van der Waals surface area contributed by atoms with Gasteiger partial charge in [-0.25, -0.2) is 0 Å². The maximum absolute atomic E-state index is 8.94. The predicted octanol–water partition coefficient (Wildman–Crippen LogP) is 6.33. The average Bonchev–Trinajstić information content (AvgIpc) is 2.56. The lowest BCUT2D eigenvalue weighted by molar-refractivity contribution is 1.26. The van der Waals surface area contributed by atoms with E-state index in [1.54, 1.807) is 30.0 Å². The molecule has 0 bridgehead atoms. The van der Waals surface area contributed by atoms with Crippen molar-refractivity contribution in [2.45, 2.75) is 24.5 Å². The van der Waals surface area contributed by atoms with Crippen molar-refractivity contribution in [2.75, 3.05) is 0 Å². The molecule has 2 nitrogen and oxygen atoms in total. The van der Waals surface area contributed by atoms with E-state index in [2.05, 4.69) is 6.07 Å². The maximum Gasteiger partial charge on any atom is 0.130 e. The first-order chi connectivity index (χ1) is 11.4. The van der Waals surface area contributed by atoms with Gasteiger partial charge in [-0.3, -0.25) is 0 Å². The van der Waals surface area contributed by atoms with E-state index in [1.807, 2.05) is 38.1 Å². The first-order valence-corrected chi connectivity index (χ1v) is 8.88. The monoisotopic (exact) mass is 372 g/mol. The van der Waals surface area contributed by atoms with Crippen LogP contribution in [0.15, 0.2) is 40.8 Å². The van der Waals surface area contributed by atoms with Gasteiger partial charge in [0.25, 0.3) is 0 Å². The van der Waals surface area contributed by atoms with Gasteiger partial charge in [0, 0.05) is 15.7 Å². The Morgan fingerprint density at radius 3 is 2.46 bits per heavy atom. The Bertz CT molecular complexity index is 873. The van der Waals surface area contributed by atoms with Crippen molar-refractivity contribution in [3.63, 3.8) is 0 Å². The van der Waals surface area contributed by atoms with Crippen LogP contribution < -0.4 is 0 Å². The molecule has 0 aliphatic rings. The summed E-state index contributed by atoms with van der Waals surface area (Å²) in [5, 5.41) is 19.2. The van der Waals surface area contributed by atoms with Gasteiger partial charge in [0.05, 0.1) is 5.02 Å². The molecule has 0 amide bonds. The van der Waals surface area contributed by atoms with E-state index in [4.69, 9.17) is 33.7 Å². The summed E-state index contributed by atoms with van der Waals surface area (Å²) in [6.07, 6.45) is 1.62. The third-order valence-electron chi connectivity index (χ3n) is 3.54. The molecule has 24 heavy (non-hydrogen) atoms. The standard InChI is InChI=1S/C19H14Cl2N2S/c1-12-5-13(2)16(7-15(12)6-14(9-22)10-23)11-24-19-8-17(20)3-4-18(19)21/h3-8H,11H2,1-2H3. The minimum Gasteiger partial charge on any atom is -0.192 e. The Balaban J connectivity index is 2.31. The molecule has 0 saturated carbocycles. The van der Waals surface area contributed by atoms with Crippen molar-refractivity contribution in [1.82, 2.24) is 0 Å². The molecular formula is C19H14Cl2N2S. The molecule has 2 aromatic carbocycles. The third-order valence-corrected chi connectivity index (χ3v) is 5.32. The van der Waals surface area contributed by atoms with Crippen LogP contribution in [0.4, 0.5) is 0 Å². The zero-order valence-electron chi connectivity index (χ0n) is 13.2. The molecule has 0 N–H and O–H groups in total. The van der Waals surface area contributed by atoms with E-state index in [1.165, 1.54) is 0 Å². The van der Waals surface area contributed by atoms with Crippen LogP contribution >= 0.6 is 35.0 Å². The number of nitrogens with zero attached hydrogens (tertiary/aromatic N) is 2. The number of aryl methyl sites for hydroxylation is 2. The average molecular weight is 373 g/mol. The van der Waals surface area contributed by atoms with Crippen LogP contribution in [0.5, 0.6) is 0 Å². The first-order valence-electron chi connectivity index (χ1n) is 7.14. The van der Waals surface area contributed by atoms with Crippen LogP contribution in [-0.4, -0.2) is 0 Å². The molecule has 120 valence electrons. The number of thioether (sulfide) groups is 1. The van der Waals surface area contributed by atoms with Gasteiger partial charge in [-0.1, -0.05) is 35.3 Å². The lowest BCUT2D eigenvalue weighted by atomic mass is 9.99. The van der Waals surface area contributed by atoms with Crippen LogP contribution in [0.25, 0.3) is 6.08 Å². The summed E-state index contributed by atoms with van der Waals surface area (Å²) >= 11 is 13.8. The third kappa shape index (κ3) is 4.56. The van der Waals surface area contributed by atoms with E-state index in [0.29, 0.717) is 10.0 Å². The van der Waals surface area contributed by atoms with Crippen molar-refractivity contribution in [3.05, 3.63) is 68.2 Å². The van der Waals surface area contributed by atoms with Crippen LogP contribution in [0, 0.1) is 36.5 Å². The summed E-state index contributed by atoms with van der Waals surface area (Å²) in [6.45, 7) is 4.02. The summed E-state index contributed by atoms with van der Waals surface area (Å²) in [4.78, 5) is 0.927. The van der Waals surface area contributed by atoms with Gasteiger partial charge in [0.2, 0.25) is 0 Å². The molecule has 0 aromatic heterocycles. The Hall–Kier alpha value is -1.91. The maximum atomic E-state index is 8.94. The molecule has 0 heterocycles. The Labute approximate surface area is 156 Å². The van der Waals surface area contributed by atoms with Crippen LogP contribution in [0.3, 0.4) is 0 Å². The highest BCUT2D eigenvalue weighted by molar-refractivity contribution is 7.98. The fraction of sp³-hybridized carbons (Fsp3) is 0.158. The highest BCUT2D eigenvalue weighted by atomic mass is 35.5. The van der Waals surface area contributed by atoms with Gasteiger partial charge in [0.1, 0.15) is 17.7 Å². The van der Waals surface area contributed by atoms with Gasteiger partial charge in [0.15, 0.2) is 0 Å². The van der Waals surface area contributed by atoms with Crippen molar-refractivity contribution in [3.8, 4) is 12.1 Å². The predicted molar refractivity (Wildman–Crippen MR) is 101 cm³/mol. The minimum atomic E-state index is 0.0958. The summed E-state index contributed by atoms with van der Waals surface area (Å²) in [6, 6.07) is 13.3. The number of allylic oxidation sites excluding steroid dienone is 1. The Morgan fingerprint density at radius 1 is 1.08 bits per heavy atom. The zero-order chi connectivity index (χ0) is 17.7. The lowest BCUT2D eigenvalue weighted by Gasteiger charge is -2.11. The molecule has 0 radical (unpaired) electrons. The van der Waals surface area contributed by atoms with E-state index in [-0.39, 0.29) is 5.57 Å². The number of hydrogen-bond acceptors (Lipinski definition) is 3. The van der Waals surface area contributed by atoms with Crippen LogP contribution in [-0.2, 0) is 5.75 Å². The normalized spacial score (nSPS) is 9.92. The number of benzene rings is 2. The summed E-state index contributed by atoms with van der Waals surface area (Å²) in [7, 11) is 0. The molecule has 0 saturated heterocycles.